The number of thiocarbonyl (C=S) groups is 1. The molecule has 0 atom stereocenters. The van der Waals surface area contributed by atoms with Gasteiger partial charge in [0.05, 0.1) is 10.2 Å². The maximum absolute atomic E-state index is 6.08. The van der Waals surface area contributed by atoms with Crippen molar-refractivity contribution < 1.29 is 0 Å². The standard InChI is InChI=1S/C17H23ClN4S2/c1-12(2)11-19-16(23)21-6-3-7-22(9-8-21)17-20-14-5-4-13(18)10-15(14)24-17/h4-5,10,12H,3,6-9,11H2,1-2H3,(H,19,23). The number of nitrogens with one attached hydrogen (secondary N) is 1. The molecule has 2 aromatic rings. The van der Waals surface area contributed by atoms with Gasteiger partial charge < -0.3 is 15.1 Å². The summed E-state index contributed by atoms with van der Waals surface area (Å²) in [6.45, 7) is 9.20. The van der Waals surface area contributed by atoms with Gasteiger partial charge in [0.25, 0.3) is 0 Å². The van der Waals surface area contributed by atoms with Crippen molar-refractivity contribution in [3.63, 3.8) is 0 Å². The monoisotopic (exact) mass is 382 g/mol. The lowest BCUT2D eigenvalue weighted by atomic mass is 10.2. The Labute approximate surface area is 157 Å². The van der Waals surface area contributed by atoms with Crippen molar-refractivity contribution in [2.45, 2.75) is 20.3 Å². The quantitative estimate of drug-likeness (QED) is 0.811. The molecule has 4 nitrogen and oxygen atoms in total. The van der Waals surface area contributed by atoms with E-state index in [9.17, 15) is 0 Å². The second-order valence-electron chi connectivity index (χ2n) is 6.52. The Balaban J connectivity index is 1.65. The molecular formula is C17H23ClN4S2. The topological polar surface area (TPSA) is 31.4 Å². The Kier molecular flexibility index (Phi) is 5.79. The van der Waals surface area contributed by atoms with Gasteiger partial charge in [0.2, 0.25) is 0 Å². The van der Waals surface area contributed by atoms with E-state index in [0.29, 0.717) is 5.92 Å². The first-order valence-electron chi connectivity index (χ1n) is 8.37. The molecule has 1 aromatic heterocycles. The highest BCUT2D eigenvalue weighted by molar-refractivity contribution is 7.80. The fraction of sp³-hybridized carbons (Fsp3) is 0.529. The SMILES string of the molecule is CC(C)CNC(=S)N1CCCN(c2nc3ccc(Cl)cc3s2)CC1. The van der Waals surface area contributed by atoms with Gasteiger partial charge in [-0.3, -0.25) is 0 Å². The van der Waals surface area contributed by atoms with Crippen LogP contribution >= 0.6 is 35.2 Å². The first-order valence-corrected chi connectivity index (χ1v) is 9.97. The van der Waals surface area contributed by atoms with Crippen molar-refractivity contribution in [1.82, 2.24) is 15.2 Å². The zero-order valence-corrected chi connectivity index (χ0v) is 16.5. The third-order valence-electron chi connectivity index (χ3n) is 4.05. The molecule has 2 heterocycles. The highest BCUT2D eigenvalue weighted by Gasteiger charge is 2.19. The fourth-order valence-electron chi connectivity index (χ4n) is 2.74. The molecule has 1 saturated heterocycles. The van der Waals surface area contributed by atoms with Crippen LogP contribution in [0.25, 0.3) is 10.2 Å². The first-order chi connectivity index (χ1) is 11.5. The highest BCUT2D eigenvalue weighted by Crippen LogP contribution is 2.31. The predicted molar refractivity (Wildman–Crippen MR) is 108 cm³/mol. The summed E-state index contributed by atoms with van der Waals surface area (Å²) in [7, 11) is 0. The van der Waals surface area contributed by atoms with E-state index in [1.807, 2.05) is 18.2 Å². The molecule has 24 heavy (non-hydrogen) atoms. The Morgan fingerprint density at radius 1 is 1.33 bits per heavy atom. The van der Waals surface area contributed by atoms with Crippen LogP contribution in [0.15, 0.2) is 18.2 Å². The summed E-state index contributed by atoms with van der Waals surface area (Å²) in [5.41, 5.74) is 1.02. The number of anilines is 1. The maximum atomic E-state index is 6.08. The molecule has 0 aliphatic carbocycles. The number of nitrogens with zero attached hydrogens (tertiary/aromatic N) is 3. The van der Waals surface area contributed by atoms with Gasteiger partial charge in [-0.2, -0.15) is 0 Å². The number of halogens is 1. The molecule has 0 unspecified atom stereocenters. The van der Waals surface area contributed by atoms with Gasteiger partial charge in [0.15, 0.2) is 10.2 Å². The fourth-order valence-corrected chi connectivity index (χ4v) is 4.30. The summed E-state index contributed by atoms with van der Waals surface area (Å²) in [5, 5.41) is 6.09. The lowest BCUT2D eigenvalue weighted by Gasteiger charge is -2.25. The van der Waals surface area contributed by atoms with Gasteiger partial charge in [0, 0.05) is 37.7 Å². The molecule has 0 spiro atoms. The Morgan fingerprint density at radius 3 is 2.96 bits per heavy atom. The highest BCUT2D eigenvalue weighted by atomic mass is 35.5. The van der Waals surface area contributed by atoms with Crippen molar-refractivity contribution in [2.24, 2.45) is 5.92 Å². The smallest absolute Gasteiger partial charge is 0.186 e. The minimum atomic E-state index is 0.598. The van der Waals surface area contributed by atoms with Crippen molar-refractivity contribution in [3.05, 3.63) is 23.2 Å². The van der Waals surface area contributed by atoms with Gasteiger partial charge in [-0.05, 0) is 42.8 Å². The van der Waals surface area contributed by atoms with E-state index in [1.165, 1.54) is 0 Å². The number of hydrogen-bond acceptors (Lipinski definition) is 4. The van der Waals surface area contributed by atoms with Gasteiger partial charge in [0.1, 0.15) is 0 Å². The number of hydrogen-bond donors (Lipinski definition) is 1. The van der Waals surface area contributed by atoms with Crippen molar-refractivity contribution in [3.8, 4) is 0 Å². The molecule has 1 aromatic carbocycles. The molecule has 0 amide bonds. The lowest BCUT2D eigenvalue weighted by molar-refractivity contribution is 0.434. The Morgan fingerprint density at radius 2 is 2.17 bits per heavy atom. The zero-order chi connectivity index (χ0) is 17.1. The average molecular weight is 383 g/mol. The molecule has 3 rings (SSSR count). The van der Waals surface area contributed by atoms with Gasteiger partial charge in [-0.15, -0.1) is 0 Å². The minimum Gasteiger partial charge on any atom is -0.362 e. The van der Waals surface area contributed by atoms with Crippen LogP contribution in [0.3, 0.4) is 0 Å². The summed E-state index contributed by atoms with van der Waals surface area (Å²) in [5.74, 6) is 0.598. The summed E-state index contributed by atoms with van der Waals surface area (Å²) in [4.78, 5) is 9.41. The van der Waals surface area contributed by atoms with Crippen LogP contribution < -0.4 is 10.2 Å². The van der Waals surface area contributed by atoms with E-state index in [0.717, 1.165) is 64.6 Å². The summed E-state index contributed by atoms with van der Waals surface area (Å²) in [6, 6.07) is 5.89. The van der Waals surface area contributed by atoms with Crippen molar-refractivity contribution >= 4 is 55.6 Å². The average Bonchev–Trinajstić information content (AvgIpc) is 2.80. The second kappa shape index (κ2) is 7.85. The molecule has 0 radical (unpaired) electrons. The van der Waals surface area contributed by atoms with E-state index in [-0.39, 0.29) is 0 Å². The van der Waals surface area contributed by atoms with Gasteiger partial charge in [-0.1, -0.05) is 36.8 Å². The molecule has 7 heteroatoms. The first kappa shape index (κ1) is 17.7. The van der Waals surface area contributed by atoms with Crippen LogP contribution in [0.1, 0.15) is 20.3 Å². The van der Waals surface area contributed by atoms with Crippen LogP contribution in [-0.2, 0) is 0 Å². The molecule has 1 fully saturated rings. The van der Waals surface area contributed by atoms with Crippen LogP contribution in [0.2, 0.25) is 5.02 Å². The lowest BCUT2D eigenvalue weighted by Crippen LogP contribution is -2.43. The van der Waals surface area contributed by atoms with E-state index >= 15 is 0 Å². The molecule has 1 aliphatic heterocycles. The third-order valence-corrected chi connectivity index (χ3v) is 5.77. The van der Waals surface area contributed by atoms with E-state index in [4.69, 9.17) is 28.8 Å². The molecule has 0 bridgehead atoms. The van der Waals surface area contributed by atoms with Gasteiger partial charge >= 0.3 is 0 Å². The molecule has 1 aliphatic rings. The van der Waals surface area contributed by atoms with Crippen molar-refractivity contribution in [1.29, 1.82) is 0 Å². The number of thiazole rings is 1. The number of fused-ring (bicyclic) bond motifs is 1. The molecule has 130 valence electrons. The Hall–Kier alpha value is -1.11. The molecule has 1 N–H and O–H groups in total. The predicted octanol–water partition coefficient (Wildman–Crippen LogP) is 3.99. The van der Waals surface area contributed by atoms with Crippen molar-refractivity contribution in [2.75, 3.05) is 37.6 Å². The number of aromatic nitrogens is 1. The summed E-state index contributed by atoms with van der Waals surface area (Å²) in [6.07, 6.45) is 1.08. The third kappa shape index (κ3) is 4.29. The molecular weight excluding hydrogens is 360 g/mol. The normalized spacial score (nSPS) is 15.8. The Bertz CT molecular complexity index is 716. The zero-order valence-electron chi connectivity index (χ0n) is 14.1. The minimum absolute atomic E-state index is 0.598. The largest absolute Gasteiger partial charge is 0.362 e. The van der Waals surface area contributed by atoms with Crippen LogP contribution in [-0.4, -0.2) is 47.7 Å². The van der Waals surface area contributed by atoms with E-state index in [2.05, 4.69) is 29.0 Å². The van der Waals surface area contributed by atoms with E-state index in [1.54, 1.807) is 11.3 Å². The maximum Gasteiger partial charge on any atom is 0.186 e. The van der Waals surface area contributed by atoms with E-state index < -0.39 is 0 Å². The summed E-state index contributed by atoms with van der Waals surface area (Å²) >= 11 is 13.3. The van der Waals surface area contributed by atoms with Crippen LogP contribution in [0.4, 0.5) is 5.13 Å². The number of benzene rings is 1. The second-order valence-corrected chi connectivity index (χ2v) is 8.35. The number of rotatable bonds is 3. The van der Waals surface area contributed by atoms with Crippen LogP contribution in [0.5, 0.6) is 0 Å². The van der Waals surface area contributed by atoms with Crippen LogP contribution in [0, 0.1) is 5.92 Å². The summed E-state index contributed by atoms with van der Waals surface area (Å²) < 4.78 is 1.15. The van der Waals surface area contributed by atoms with Gasteiger partial charge in [-0.25, -0.2) is 4.98 Å². The molecule has 0 saturated carbocycles.